The van der Waals surface area contributed by atoms with E-state index in [0.717, 1.165) is 37.8 Å². The predicted octanol–water partition coefficient (Wildman–Crippen LogP) is 5.58. The van der Waals surface area contributed by atoms with Crippen molar-refractivity contribution >= 4 is 0 Å². The number of hydrogen-bond acceptors (Lipinski definition) is 3. The zero-order chi connectivity index (χ0) is 19.0. The standard InChI is InChI=1S/C23H39NO2/c1-6-22(4)18-23(14-16-26-22,12-11-19(2)3)13-15-24-17-20-7-9-21(25-5)10-8-20/h7-10,19,24H,6,11-18H2,1-5H3/t22-,23-/m0/s1. The number of nitrogens with one attached hydrogen (secondary N) is 1. The second kappa shape index (κ2) is 9.75. The molecular weight excluding hydrogens is 322 g/mol. The number of methoxy groups -OCH3 is 1. The average molecular weight is 362 g/mol. The summed E-state index contributed by atoms with van der Waals surface area (Å²) in [4.78, 5) is 0. The van der Waals surface area contributed by atoms with Gasteiger partial charge in [-0.25, -0.2) is 0 Å². The molecule has 0 bridgehead atoms. The van der Waals surface area contributed by atoms with E-state index in [1.165, 1.54) is 37.7 Å². The molecule has 1 heterocycles. The van der Waals surface area contributed by atoms with E-state index >= 15 is 0 Å². The Morgan fingerprint density at radius 3 is 2.54 bits per heavy atom. The lowest BCUT2D eigenvalue weighted by Gasteiger charge is -2.47. The molecule has 0 spiro atoms. The number of rotatable bonds is 10. The maximum atomic E-state index is 6.14. The number of ether oxygens (including phenoxy) is 2. The summed E-state index contributed by atoms with van der Waals surface area (Å²) >= 11 is 0. The molecule has 1 aliphatic rings. The van der Waals surface area contributed by atoms with Gasteiger partial charge in [-0.05, 0) is 74.6 Å². The van der Waals surface area contributed by atoms with Crippen molar-refractivity contribution < 1.29 is 9.47 Å². The fourth-order valence-electron chi connectivity index (χ4n) is 4.15. The van der Waals surface area contributed by atoms with E-state index in [9.17, 15) is 0 Å². The van der Waals surface area contributed by atoms with Crippen LogP contribution in [0, 0.1) is 11.3 Å². The van der Waals surface area contributed by atoms with Gasteiger partial charge in [0.1, 0.15) is 5.75 Å². The molecule has 1 aromatic carbocycles. The Bertz CT molecular complexity index is 528. The first-order valence-corrected chi connectivity index (χ1v) is 10.4. The summed E-state index contributed by atoms with van der Waals surface area (Å²) in [5.74, 6) is 1.69. The van der Waals surface area contributed by atoms with Gasteiger partial charge in [0.25, 0.3) is 0 Å². The maximum absolute atomic E-state index is 6.14. The zero-order valence-corrected chi connectivity index (χ0v) is 17.6. The van der Waals surface area contributed by atoms with E-state index in [2.05, 4.69) is 45.1 Å². The molecule has 148 valence electrons. The van der Waals surface area contributed by atoms with Crippen LogP contribution in [-0.2, 0) is 11.3 Å². The molecule has 2 rings (SSSR count). The zero-order valence-electron chi connectivity index (χ0n) is 17.6. The Labute approximate surface area is 160 Å². The molecule has 3 nitrogen and oxygen atoms in total. The van der Waals surface area contributed by atoms with Gasteiger partial charge in [-0.2, -0.15) is 0 Å². The Morgan fingerprint density at radius 1 is 1.19 bits per heavy atom. The van der Waals surface area contributed by atoms with E-state index in [4.69, 9.17) is 9.47 Å². The third-order valence-corrected chi connectivity index (χ3v) is 6.15. The van der Waals surface area contributed by atoms with Crippen molar-refractivity contribution in [3.8, 4) is 5.75 Å². The minimum atomic E-state index is 0.0607. The second-order valence-electron chi connectivity index (χ2n) is 8.79. The van der Waals surface area contributed by atoms with Gasteiger partial charge in [-0.15, -0.1) is 0 Å². The summed E-state index contributed by atoms with van der Waals surface area (Å²) in [6.45, 7) is 12.2. The van der Waals surface area contributed by atoms with Crippen LogP contribution in [0.3, 0.4) is 0 Å². The van der Waals surface area contributed by atoms with Crippen molar-refractivity contribution in [1.82, 2.24) is 5.32 Å². The van der Waals surface area contributed by atoms with E-state index in [-0.39, 0.29) is 5.60 Å². The molecule has 1 aromatic rings. The maximum Gasteiger partial charge on any atom is 0.118 e. The van der Waals surface area contributed by atoms with Gasteiger partial charge < -0.3 is 14.8 Å². The van der Waals surface area contributed by atoms with Gasteiger partial charge >= 0.3 is 0 Å². The molecule has 1 fully saturated rings. The Balaban J connectivity index is 1.89. The van der Waals surface area contributed by atoms with Crippen molar-refractivity contribution in [3.63, 3.8) is 0 Å². The van der Waals surface area contributed by atoms with E-state index in [1.807, 2.05) is 12.1 Å². The summed E-state index contributed by atoms with van der Waals surface area (Å²) in [6, 6.07) is 8.35. The van der Waals surface area contributed by atoms with Crippen LogP contribution in [0.5, 0.6) is 5.75 Å². The van der Waals surface area contributed by atoms with Crippen LogP contribution in [0.4, 0.5) is 0 Å². The molecule has 0 aromatic heterocycles. The minimum Gasteiger partial charge on any atom is -0.497 e. The van der Waals surface area contributed by atoms with Crippen molar-refractivity contribution in [2.24, 2.45) is 11.3 Å². The Hall–Kier alpha value is -1.06. The van der Waals surface area contributed by atoms with Gasteiger partial charge in [0.05, 0.1) is 12.7 Å². The lowest BCUT2D eigenvalue weighted by Crippen LogP contribution is -2.44. The molecule has 1 aliphatic heterocycles. The third kappa shape index (κ3) is 6.28. The molecule has 0 saturated carbocycles. The van der Waals surface area contributed by atoms with Crippen LogP contribution < -0.4 is 10.1 Å². The van der Waals surface area contributed by atoms with Gasteiger partial charge in [-0.1, -0.05) is 39.3 Å². The molecule has 0 aliphatic carbocycles. The summed E-state index contributed by atoms with van der Waals surface area (Å²) in [7, 11) is 1.71. The highest BCUT2D eigenvalue weighted by Gasteiger charge is 2.41. The second-order valence-corrected chi connectivity index (χ2v) is 8.79. The molecule has 0 unspecified atom stereocenters. The average Bonchev–Trinajstić information content (AvgIpc) is 2.64. The van der Waals surface area contributed by atoms with Gasteiger partial charge in [-0.3, -0.25) is 0 Å². The van der Waals surface area contributed by atoms with Crippen LogP contribution in [-0.4, -0.2) is 25.9 Å². The van der Waals surface area contributed by atoms with Crippen LogP contribution in [0.25, 0.3) is 0 Å². The summed E-state index contributed by atoms with van der Waals surface area (Å²) < 4.78 is 11.4. The lowest BCUT2D eigenvalue weighted by molar-refractivity contribution is -0.122. The Kier molecular flexibility index (Phi) is 7.97. The molecular formula is C23H39NO2. The van der Waals surface area contributed by atoms with E-state index in [0.29, 0.717) is 5.41 Å². The highest BCUT2D eigenvalue weighted by Crippen LogP contribution is 2.46. The topological polar surface area (TPSA) is 30.5 Å². The number of hydrogen-bond donors (Lipinski definition) is 1. The molecule has 26 heavy (non-hydrogen) atoms. The van der Waals surface area contributed by atoms with Gasteiger partial charge in [0, 0.05) is 13.2 Å². The van der Waals surface area contributed by atoms with Crippen LogP contribution in [0.15, 0.2) is 24.3 Å². The SMILES string of the molecule is CC[C@@]1(C)C[C@](CCNCc2ccc(OC)cc2)(CCC(C)C)CCO1. The van der Waals surface area contributed by atoms with Crippen LogP contribution >= 0.6 is 0 Å². The quantitative estimate of drug-likeness (QED) is 0.552. The van der Waals surface area contributed by atoms with Crippen LogP contribution in [0.2, 0.25) is 0 Å². The fourth-order valence-corrected chi connectivity index (χ4v) is 4.15. The van der Waals surface area contributed by atoms with Gasteiger partial charge in [0.15, 0.2) is 0 Å². The monoisotopic (exact) mass is 361 g/mol. The molecule has 0 amide bonds. The van der Waals surface area contributed by atoms with Crippen molar-refractivity contribution in [3.05, 3.63) is 29.8 Å². The first kappa shape index (κ1) is 21.2. The molecule has 0 radical (unpaired) electrons. The van der Waals surface area contributed by atoms with E-state index < -0.39 is 0 Å². The van der Waals surface area contributed by atoms with Crippen molar-refractivity contribution in [2.45, 2.75) is 78.4 Å². The molecule has 3 heteroatoms. The third-order valence-electron chi connectivity index (χ3n) is 6.15. The summed E-state index contributed by atoms with van der Waals surface area (Å²) in [5.41, 5.74) is 1.80. The fraction of sp³-hybridized carbons (Fsp3) is 0.739. The smallest absolute Gasteiger partial charge is 0.118 e. The molecule has 1 N–H and O–H groups in total. The predicted molar refractivity (Wildman–Crippen MR) is 110 cm³/mol. The summed E-state index contributed by atoms with van der Waals surface area (Å²) in [6.07, 6.45) is 7.41. The largest absolute Gasteiger partial charge is 0.497 e. The normalized spacial score (nSPS) is 26.2. The molecule has 2 atom stereocenters. The summed E-state index contributed by atoms with van der Waals surface area (Å²) in [5, 5.41) is 3.66. The minimum absolute atomic E-state index is 0.0607. The highest BCUT2D eigenvalue weighted by molar-refractivity contribution is 5.26. The van der Waals surface area contributed by atoms with Crippen molar-refractivity contribution in [1.29, 1.82) is 0 Å². The highest BCUT2D eigenvalue weighted by atomic mass is 16.5. The first-order chi connectivity index (χ1) is 12.4. The lowest BCUT2D eigenvalue weighted by atomic mass is 9.67. The van der Waals surface area contributed by atoms with Gasteiger partial charge in [0.2, 0.25) is 0 Å². The van der Waals surface area contributed by atoms with Crippen molar-refractivity contribution in [2.75, 3.05) is 20.3 Å². The number of benzene rings is 1. The van der Waals surface area contributed by atoms with Crippen LogP contribution in [0.1, 0.15) is 71.8 Å². The molecule has 1 saturated heterocycles. The Morgan fingerprint density at radius 2 is 1.92 bits per heavy atom. The first-order valence-electron chi connectivity index (χ1n) is 10.4. The van der Waals surface area contributed by atoms with E-state index in [1.54, 1.807) is 7.11 Å².